The number of aromatic nitrogens is 3. The van der Waals surface area contributed by atoms with E-state index in [1.165, 1.54) is 0 Å². The van der Waals surface area contributed by atoms with Crippen LogP contribution >= 0.6 is 23.2 Å². The van der Waals surface area contributed by atoms with Crippen molar-refractivity contribution in [2.24, 2.45) is 0 Å². The Balaban J connectivity index is 2.23. The van der Waals surface area contributed by atoms with E-state index in [2.05, 4.69) is 5.10 Å². The smallest absolute Gasteiger partial charge is 0.365 e. The summed E-state index contributed by atoms with van der Waals surface area (Å²) < 4.78 is 6.63. The van der Waals surface area contributed by atoms with Crippen molar-refractivity contribution in [1.29, 1.82) is 0 Å². The summed E-state index contributed by atoms with van der Waals surface area (Å²) >= 11 is 11.8. The molecule has 0 aliphatic carbocycles. The summed E-state index contributed by atoms with van der Waals surface area (Å²) in [6.07, 6.45) is 0.276. The average molecular weight is 345 g/mol. The number of nitrogens with zero attached hydrogens (tertiary/aromatic N) is 3. The fraction of sp³-hybridized carbons (Fsp3) is 0.308. The Kier molecular flexibility index (Phi) is 5.10. The standard InChI is InChI=1S/C13H14Cl2N4O3/c1-2-22-12(20)7-18-13(21)19(16)11(17-18)6-8-3-4-9(14)10(15)5-8/h3-5H,2,6-7,16H2,1H3. The first-order chi connectivity index (χ1) is 10.4. The summed E-state index contributed by atoms with van der Waals surface area (Å²) in [5.74, 6) is 5.43. The molecule has 0 spiro atoms. The highest BCUT2D eigenvalue weighted by Crippen LogP contribution is 2.23. The first-order valence-corrected chi connectivity index (χ1v) is 7.21. The molecule has 2 N–H and O–H groups in total. The number of rotatable bonds is 5. The first kappa shape index (κ1) is 16.4. The lowest BCUT2D eigenvalue weighted by molar-refractivity contribution is -0.144. The van der Waals surface area contributed by atoms with Gasteiger partial charge in [-0.05, 0) is 24.6 Å². The lowest BCUT2D eigenvalue weighted by Crippen LogP contribution is -2.32. The number of halogens is 2. The van der Waals surface area contributed by atoms with Crippen molar-refractivity contribution in [2.45, 2.75) is 19.9 Å². The molecule has 1 aromatic heterocycles. The number of nitrogens with two attached hydrogens (primary N) is 1. The summed E-state index contributed by atoms with van der Waals surface area (Å²) in [7, 11) is 0. The Morgan fingerprint density at radius 1 is 1.36 bits per heavy atom. The first-order valence-electron chi connectivity index (χ1n) is 6.45. The van der Waals surface area contributed by atoms with Gasteiger partial charge in [0.05, 0.1) is 16.7 Å². The number of nitrogen functional groups attached to an aromatic ring is 1. The van der Waals surface area contributed by atoms with Crippen LogP contribution < -0.4 is 11.5 Å². The average Bonchev–Trinajstić information content (AvgIpc) is 2.71. The molecule has 0 bridgehead atoms. The van der Waals surface area contributed by atoms with Crippen LogP contribution in [0.15, 0.2) is 23.0 Å². The number of hydrogen-bond acceptors (Lipinski definition) is 5. The Labute approximate surface area is 136 Å². The van der Waals surface area contributed by atoms with Crippen molar-refractivity contribution in [1.82, 2.24) is 14.5 Å². The zero-order valence-corrected chi connectivity index (χ0v) is 13.3. The minimum Gasteiger partial charge on any atom is -0.465 e. The second kappa shape index (κ2) is 6.85. The molecule has 7 nitrogen and oxygen atoms in total. The van der Waals surface area contributed by atoms with Gasteiger partial charge in [-0.25, -0.2) is 9.48 Å². The second-order valence-electron chi connectivity index (χ2n) is 4.46. The molecule has 0 saturated carbocycles. The molecule has 2 aromatic rings. The molecule has 0 unspecified atom stereocenters. The van der Waals surface area contributed by atoms with Crippen LogP contribution in [0, 0.1) is 0 Å². The van der Waals surface area contributed by atoms with Crippen molar-refractivity contribution in [2.75, 3.05) is 12.4 Å². The Morgan fingerprint density at radius 2 is 2.09 bits per heavy atom. The minimum absolute atomic E-state index is 0.229. The fourth-order valence-electron chi connectivity index (χ4n) is 1.85. The summed E-state index contributed by atoms with van der Waals surface area (Å²) in [5, 5.41) is 4.88. The number of carbonyl (C=O) groups excluding carboxylic acids is 1. The highest BCUT2D eigenvalue weighted by molar-refractivity contribution is 6.42. The third kappa shape index (κ3) is 3.61. The number of carbonyl (C=O) groups is 1. The van der Waals surface area contributed by atoms with Gasteiger partial charge in [0.1, 0.15) is 6.54 Å². The van der Waals surface area contributed by atoms with E-state index < -0.39 is 11.7 Å². The molecular weight excluding hydrogens is 331 g/mol. The van der Waals surface area contributed by atoms with Crippen LogP contribution in [0.2, 0.25) is 10.0 Å². The van der Waals surface area contributed by atoms with E-state index in [4.69, 9.17) is 33.8 Å². The number of hydrogen-bond donors (Lipinski definition) is 1. The fourth-order valence-corrected chi connectivity index (χ4v) is 2.17. The van der Waals surface area contributed by atoms with Crippen molar-refractivity contribution >= 4 is 29.2 Å². The van der Waals surface area contributed by atoms with E-state index in [0.29, 0.717) is 15.9 Å². The monoisotopic (exact) mass is 344 g/mol. The van der Waals surface area contributed by atoms with Crippen LogP contribution in [0.4, 0.5) is 0 Å². The van der Waals surface area contributed by atoms with Crippen LogP contribution in [0.1, 0.15) is 18.3 Å². The van der Waals surface area contributed by atoms with Crippen LogP contribution in [0.25, 0.3) is 0 Å². The number of esters is 1. The van der Waals surface area contributed by atoms with Crippen molar-refractivity contribution in [3.8, 4) is 0 Å². The van der Waals surface area contributed by atoms with E-state index in [1.807, 2.05) is 0 Å². The zero-order valence-electron chi connectivity index (χ0n) is 11.8. The molecule has 0 aliphatic rings. The van der Waals surface area contributed by atoms with E-state index in [9.17, 15) is 9.59 Å². The topological polar surface area (TPSA) is 92.1 Å². The van der Waals surface area contributed by atoms with Gasteiger partial charge in [0, 0.05) is 6.42 Å². The molecule has 1 aromatic carbocycles. The maximum atomic E-state index is 11.9. The summed E-state index contributed by atoms with van der Waals surface area (Å²) in [5.41, 5.74) is 0.192. The second-order valence-corrected chi connectivity index (χ2v) is 5.27. The normalized spacial score (nSPS) is 10.7. The van der Waals surface area contributed by atoms with Gasteiger partial charge in [-0.15, -0.1) is 0 Å². The molecule has 0 amide bonds. The van der Waals surface area contributed by atoms with Gasteiger partial charge in [0.2, 0.25) is 0 Å². The number of ether oxygens (including phenoxy) is 1. The van der Waals surface area contributed by atoms with Crippen LogP contribution in [-0.2, 0) is 22.5 Å². The lowest BCUT2D eigenvalue weighted by atomic mass is 10.1. The molecule has 0 atom stereocenters. The van der Waals surface area contributed by atoms with Gasteiger partial charge in [-0.1, -0.05) is 29.3 Å². The molecular formula is C13H14Cl2N4O3. The predicted octanol–water partition coefficient (Wildman–Crippen LogP) is 1.22. The van der Waals surface area contributed by atoms with Gasteiger partial charge < -0.3 is 10.6 Å². The third-order valence-electron chi connectivity index (χ3n) is 2.87. The van der Waals surface area contributed by atoms with E-state index in [-0.39, 0.29) is 19.6 Å². The lowest BCUT2D eigenvalue weighted by Gasteiger charge is -2.02. The van der Waals surface area contributed by atoms with Gasteiger partial charge in [0.15, 0.2) is 5.82 Å². The quantitative estimate of drug-likeness (QED) is 0.650. The molecule has 0 aliphatic heterocycles. The Morgan fingerprint density at radius 3 is 2.73 bits per heavy atom. The molecule has 2 rings (SSSR count). The van der Waals surface area contributed by atoms with Crippen LogP contribution in [0.5, 0.6) is 0 Å². The van der Waals surface area contributed by atoms with E-state index in [0.717, 1.165) is 14.9 Å². The molecule has 0 fully saturated rings. The van der Waals surface area contributed by atoms with Gasteiger partial charge in [-0.2, -0.15) is 9.77 Å². The van der Waals surface area contributed by atoms with E-state index >= 15 is 0 Å². The maximum Gasteiger partial charge on any atom is 0.365 e. The molecule has 0 radical (unpaired) electrons. The summed E-state index contributed by atoms with van der Waals surface area (Å²) in [6.45, 7) is 1.62. The van der Waals surface area contributed by atoms with Crippen LogP contribution in [-0.4, -0.2) is 27.0 Å². The van der Waals surface area contributed by atoms with E-state index in [1.54, 1.807) is 25.1 Å². The Hall–Kier alpha value is -1.99. The predicted molar refractivity (Wildman–Crippen MR) is 82.5 cm³/mol. The molecule has 118 valence electrons. The molecule has 9 heteroatoms. The van der Waals surface area contributed by atoms with Crippen LogP contribution in [0.3, 0.4) is 0 Å². The van der Waals surface area contributed by atoms with Crippen molar-refractivity contribution in [3.63, 3.8) is 0 Å². The molecule has 0 saturated heterocycles. The zero-order chi connectivity index (χ0) is 16.3. The highest BCUT2D eigenvalue weighted by Gasteiger charge is 2.15. The SMILES string of the molecule is CCOC(=O)Cn1nc(Cc2ccc(Cl)c(Cl)c2)n(N)c1=O. The maximum absolute atomic E-state index is 11.9. The van der Waals surface area contributed by atoms with Gasteiger partial charge in [0.25, 0.3) is 0 Å². The molecule has 22 heavy (non-hydrogen) atoms. The third-order valence-corrected chi connectivity index (χ3v) is 3.61. The Bertz CT molecular complexity index is 754. The highest BCUT2D eigenvalue weighted by atomic mass is 35.5. The van der Waals surface area contributed by atoms with Gasteiger partial charge in [-0.3, -0.25) is 4.79 Å². The summed E-state index contributed by atoms with van der Waals surface area (Å²) in [4.78, 5) is 23.3. The summed E-state index contributed by atoms with van der Waals surface area (Å²) in [6, 6.07) is 5.07. The largest absolute Gasteiger partial charge is 0.465 e. The minimum atomic E-state index is -0.594. The molecule has 1 heterocycles. The van der Waals surface area contributed by atoms with Gasteiger partial charge >= 0.3 is 11.7 Å². The number of benzene rings is 1. The van der Waals surface area contributed by atoms with Crippen molar-refractivity contribution < 1.29 is 9.53 Å². The van der Waals surface area contributed by atoms with Crippen molar-refractivity contribution in [3.05, 3.63) is 50.1 Å².